The van der Waals surface area contributed by atoms with Crippen LogP contribution in [-0.4, -0.2) is 26.0 Å². The third-order valence-electron chi connectivity index (χ3n) is 1.74. The van der Waals surface area contributed by atoms with Crippen LogP contribution in [0.5, 0.6) is 0 Å². The number of nitrogens with zero attached hydrogens (tertiary/aromatic N) is 3. The minimum Gasteiger partial charge on any atom is -0.330 e. The van der Waals surface area contributed by atoms with Crippen molar-refractivity contribution >= 4 is 22.6 Å². The summed E-state index contributed by atoms with van der Waals surface area (Å²) < 4.78 is 3.04. The zero-order valence-electron chi connectivity index (χ0n) is 7.62. The molecule has 0 atom stereocenters. The molecule has 1 rings (SSSR count). The van der Waals surface area contributed by atoms with E-state index in [-0.39, 0.29) is 0 Å². The number of rotatable bonds is 6. The molecule has 0 radical (unpaired) electrons. The zero-order chi connectivity index (χ0) is 9.52. The van der Waals surface area contributed by atoms with E-state index in [2.05, 4.69) is 32.9 Å². The van der Waals surface area contributed by atoms with Gasteiger partial charge in [0.2, 0.25) is 0 Å². The highest BCUT2D eigenvalue weighted by molar-refractivity contribution is 14.1. The summed E-state index contributed by atoms with van der Waals surface area (Å²) in [5, 5.41) is 8.09. The van der Waals surface area contributed by atoms with E-state index >= 15 is 0 Å². The van der Waals surface area contributed by atoms with E-state index < -0.39 is 0 Å². The quantitative estimate of drug-likeness (QED) is 0.629. The van der Waals surface area contributed by atoms with Crippen LogP contribution in [0.3, 0.4) is 0 Å². The third kappa shape index (κ3) is 4.04. The van der Waals surface area contributed by atoms with E-state index in [0.29, 0.717) is 6.54 Å². The van der Waals surface area contributed by atoms with Gasteiger partial charge < -0.3 is 5.73 Å². The Morgan fingerprint density at radius 2 is 2.31 bits per heavy atom. The van der Waals surface area contributed by atoms with Gasteiger partial charge in [-0.1, -0.05) is 27.8 Å². The second-order valence-electron chi connectivity index (χ2n) is 2.91. The maximum atomic E-state index is 5.40. The molecule has 13 heavy (non-hydrogen) atoms. The maximum Gasteiger partial charge on any atom is 0.0827 e. The molecule has 0 aliphatic heterocycles. The fraction of sp³-hybridized carbons (Fsp3) is 0.750. The first-order valence-corrected chi connectivity index (χ1v) is 6.04. The molecule has 4 nitrogen and oxygen atoms in total. The van der Waals surface area contributed by atoms with Crippen LogP contribution in [0.15, 0.2) is 6.20 Å². The number of nitrogens with two attached hydrogens (primary N) is 1. The molecule has 1 aromatic heterocycles. The Kier molecular flexibility index (Phi) is 5.29. The summed E-state index contributed by atoms with van der Waals surface area (Å²) in [6, 6.07) is 0. The van der Waals surface area contributed by atoms with Gasteiger partial charge in [0.1, 0.15) is 0 Å². The number of aromatic nitrogens is 3. The van der Waals surface area contributed by atoms with E-state index in [4.69, 9.17) is 5.73 Å². The summed E-state index contributed by atoms with van der Waals surface area (Å²) in [4.78, 5) is 0. The average molecular weight is 294 g/mol. The molecule has 0 saturated heterocycles. The predicted molar refractivity (Wildman–Crippen MR) is 60.9 cm³/mol. The van der Waals surface area contributed by atoms with Gasteiger partial charge in [-0.25, -0.2) is 0 Å². The summed E-state index contributed by atoms with van der Waals surface area (Å²) in [7, 11) is 0. The Morgan fingerprint density at radius 1 is 1.46 bits per heavy atom. The molecule has 2 N–H and O–H groups in total. The molecular formula is C8H15IN4. The van der Waals surface area contributed by atoms with Crippen molar-refractivity contribution < 1.29 is 0 Å². The van der Waals surface area contributed by atoms with Gasteiger partial charge in [-0.15, -0.1) is 5.10 Å². The fourth-order valence-electron chi connectivity index (χ4n) is 1.06. The minimum atomic E-state index is 0.711. The van der Waals surface area contributed by atoms with Crippen LogP contribution in [0.25, 0.3) is 0 Å². The van der Waals surface area contributed by atoms with Gasteiger partial charge in [0.25, 0.3) is 0 Å². The molecule has 0 fully saturated rings. The first-order valence-electron chi connectivity index (χ1n) is 4.52. The van der Waals surface area contributed by atoms with Gasteiger partial charge in [-0.05, 0) is 30.2 Å². The van der Waals surface area contributed by atoms with Crippen molar-refractivity contribution in [1.82, 2.24) is 15.0 Å². The van der Waals surface area contributed by atoms with E-state index in [0.717, 1.165) is 25.1 Å². The highest BCUT2D eigenvalue weighted by atomic mass is 127. The number of halogens is 1. The predicted octanol–water partition coefficient (Wildman–Crippen LogP) is 0.994. The first-order chi connectivity index (χ1) is 6.36. The molecule has 0 bridgehead atoms. The van der Waals surface area contributed by atoms with Gasteiger partial charge >= 0.3 is 0 Å². The molecule has 0 unspecified atom stereocenters. The number of aryl methyl sites for hydroxylation is 2. The Bertz CT molecular complexity index is 213. The maximum absolute atomic E-state index is 5.40. The van der Waals surface area contributed by atoms with E-state index in [1.54, 1.807) is 0 Å². The monoisotopic (exact) mass is 294 g/mol. The third-order valence-corrected chi connectivity index (χ3v) is 2.51. The molecule has 0 saturated carbocycles. The van der Waals surface area contributed by atoms with Gasteiger partial charge in [0.05, 0.1) is 5.69 Å². The van der Waals surface area contributed by atoms with Gasteiger partial charge in [-0.2, -0.15) is 0 Å². The first kappa shape index (κ1) is 10.9. The zero-order valence-corrected chi connectivity index (χ0v) is 9.77. The second kappa shape index (κ2) is 6.31. The lowest BCUT2D eigenvalue weighted by molar-refractivity contribution is 0.564. The highest BCUT2D eigenvalue weighted by Gasteiger charge is 1.99. The Labute approximate surface area is 92.0 Å². The standard InChI is InChI=1S/C8H15IN4/c9-4-1-3-8-7-13(12-11-8)6-2-5-10/h7H,1-6,10H2. The van der Waals surface area contributed by atoms with Crippen molar-refractivity contribution in [3.8, 4) is 0 Å². The Balaban J connectivity index is 2.34. The smallest absolute Gasteiger partial charge is 0.0827 e. The normalized spacial score (nSPS) is 10.6. The van der Waals surface area contributed by atoms with Crippen LogP contribution in [0.1, 0.15) is 18.5 Å². The summed E-state index contributed by atoms with van der Waals surface area (Å²) >= 11 is 2.37. The summed E-state index contributed by atoms with van der Waals surface area (Å²) in [5.41, 5.74) is 6.49. The molecule has 0 spiro atoms. The Morgan fingerprint density at radius 3 is 3.00 bits per heavy atom. The van der Waals surface area contributed by atoms with Crippen LogP contribution in [0.2, 0.25) is 0 Å². The van der Waals surface area contributed by atoms with Crippen LogP contribution < -0.4 is 5.73 Å². The van der Waals surface area contributed by atoms with Crippen molar-refractivity contribution in [1.29, 1.82) is 0 Å². The SMILES string of the molecule is NCCCn1cc(CCCI)nn1. The van der Waals surface area contributed by atoms with Crippen molar-refractivity contribution in [2.45, 2.75) is 25.8 Å². The number of alkyl halides is 1. The summed E-state index contributed by atoms with van der Waals surface area (Å²) in [5.74, 6) is 0. The van der Waals surface area contributed by atoms with E-state index in [9.17, 15) is 0 Å². The van der Waals surface area contributed by atoms with Crippen molar-refractivity contribution in [3.05, 3.63) is 11.9 Å². The number of hydrogen-bond acceptors (Lipinski definition) is 3. The molecule has 0 aliphatic carbocycles. The van der Waals surface area contributed by atoms with Gasteiger partial charge in [0.15, 0.2) is 0 Å². The fourth-order valence-corrected chi connectivity index (χ4v) is 1.44. The van der Waals surface area contributed by atoms with Crippen molar-refractivity contribution in [2.24, 2.45) is 5.73 Å². The van der Waals surface area contributed by atoms with Gasteiger partial charge in [-0.3, -0.25) is 4.68 Å². The molecular weight excluding hydrogens is 279 g/mol. The summed E-state index contributed by atoms with van der Waals surface area (Å²) in [6.45, 7) is 1.59. The van der Waals surface area contributed by atoms with Crippen LogP contribution in [-0.2, 0) is 13.0 Å². The molecule has 5 heteroatoms. The van der Waals surface area contributed by atoms with Crippen molar-refractivity contribution in [2.75, 3.05) is 11.0 Å². The van der Waals surface area contributed by atoms with Crippen molar-refractivity contribution in [3.63, 3.8) is 0 Å². The van der Waals surface area contributed by atoms with Crippen LogP contribution in [0.4, 0.5) is 0 Å². The Hall–Kier alpha value is -0.170. The average Bonchev–Trinajstić information content (AvgIpc) is 2.59. The summed E-state index contributed by atoms with van der Waals surface area (Å²) in [6.07, 6.45) is 5.19. The lowest BCUT2D eigenvalue weighted by Gasteiger charge is -1.95. The second-order valence-corrected chi connectivity index (χ2v) is 3.99. The van der Waals surface area contributed by atoms with E-state index in [1.165, 1.54) is 10.8 Å². The topological polar surface area (TPSA) is 56.7 Å². The van der Waals surface area contributed by atoms with E-state index in [1.807, 2.05) is 10.9 Å². The number of hydrogen-bond donors (Lipinski definition) is 1. The molecule has 0 amide bonds. The lowest BCUT2D eigenvalue weighted by atomic mass is 10.3. The molecule has 0 aromatic carbocycles. The lowest BCUT2D eigenvalue weighted by Crippen LogP contribution is -2.06. The molecule has 1 aromatic rings. The molecule has 1 heterocycles. The van der Waals surface area contributed by atoms with Crippen LogP contribution in [0, 0.1) is 0 Å². The molecule has 0 aliphatic rings. The van der Waals surface area contributed by atoms with Gasteiger partial charge in [0, 0.05) is 12.7 Å². The van der Waals surface area contributed by atoms with Crippen LogP contribution >= 0.6 is 22.6 Å². The largest absolute Gasteiger partial charge is 0.330 e. The minimum absolute atomic E-state index is 0.711. The highest BCUT2D eigenvalue weighted by Crippen LogP contribution is 2.00. The molecule has 74 valence electrons.